The minimum absolute atomic E-state index is 0.352. The molecule has 1 aliphatic rings. The molecule has 0 aliphatic heterocycles. The first-order valence-electron chi connectivity index (χ1n) is 4.00. The van der Waals surface area contributed by atoms with Crippen LogP contribution >= 0.6 is 11.6 Å². The molecule has 0 atom stereocenters. The quantitative estimate of drug-likeness (QED) is 0.737. The number of rotatable bonds is 2. The molecule has 1 aromatic heterocycles. The molecule has 4 heteroatoms. The van der Waals surface area contributed by atoms with Crippen molar-refractivity contribution < 1.29 is 9.90 Å². The topological polar surface area (TPSA) is 50.2 Å². The van der Waals surface area contributed by atoms with Gasteiger partial charge in [0.15, 0.2) is 0 Å². The highest BCUT2D eigenvalue weighted by Crippen LogP contribution is 2.48. The molecule has 13 heavy (non-hydrogen) atoms. The largest absolute Gasteiger partial charge is 0.481 e. The van der Waals surface area contributed by atoms with Crippen LogP contribution in [0.2, 0.25) is 5.15 Å². The minimum Gasteiger partial charge on any atom is -0.481 e. The number of carbonyl (C=O) groups is 1. The van der Waals surface area contributed by atoms with Crippen molar-refractivity contribution in [3.63, 3.8) is 0 Å². The Bertz CT molecular complexity index is 360. The zero-order valence-electron chi connectivity index (χ0n) is 6.83. The Morgan fingerprint density at radius 1 is 1.62 bits per heavy atom. The van der Waals surface area contributed by atoms with Crippen LogP contribution in [0, 0.1) is 0 Å². The van der Waals surface area contributed by atoms with Crippen molar-refractivity contribution in [2.45, 2.75) is 18.3 Å². The highest BCUT2D eigenvalue weighted by atomic mass is 35.5. The Morgan fingerprint density at radius 3 is 2.77 bits per heavy atom. The molecule has 1 fully saturated rings. The number of nitrogens with zero attached hydrogens (tertiary/aromatic N) is 1. The zero-order valence-corrected chi connectivity index (χ0v) is 7.58. The van der Waals surface area contributed by atoms with Crippen molar-refractivity contribution in [2.24, 2.45) is 0 Å². The van der Waals surface area contributed by atoms with Gasteiger partial charge in [0.25, 0.3) is 0 Å². The van der Waals surface area contributed by atoms with E-state index in [4.69, 9.17) is 16.7 Å². The first-order chi connectivity index (χ1) is 6.15. The summed E-state index contributed by atoms with van der Waals surface area (Å²) in [5, 5.41) is 9.34. The number of hydrogen-bond donors (Lipinski definition) is 1. The Morgan fingerprint density at radius 2 is 2.31 bits per heavy atom. The second-order valence-electron chi connectivity index (χ2n) is 3.25. The summed E-state index contributed by atoms with van der Waals surface area (Å²) in [6.45, 7) is 0. The van der Waals surface area contributed by atoms with Crippen molar-refractivity contribution in [2.75, 3.05) is 0 Å². The van der Waals surface area contributed by atoms with Gasteiger partial charge in [-0.15, -0.1) is 0 Å². The molecule has 0 aromatic carbocycles. The molecule has 68 valence electrons. The number of pyridine rings is 1. The molecule has 1 aromatic rings. The fourth-order valence-electron chi connectivity index (χ4n) is 1.45. The summed E-state index contributed by atoms with van der Waals surface area (Å²) >= 11 is 5.68. The predicted octanol–water partition coefficient (Wildman–Crippen LogP) is 1.85. The summed E-state index contributed by atoms with van der Waals surface area (Å²) in [4.78, 5) is 14.7. The maximum absolute atomic E-state index is 10.9. The molecular weight excluding hydrogens is 190 g/mol. The summed E-state index contributed by atoms with van der Waals surface area (Å²) in [7, 11) is 0. The maximum Gasteiger partial charge on any atom is 0.314 e. The summed E-state index contributed by atoms with van der Waals surface area (Å²) in [5.74, 6) is -0.769. The number of carboxylic acids is 1. The van der Waals surface area contributed by atoms with Gasteiger partial charge in [-0.1, -0.05) is 11.6 Å². The summed E-state index contributed by atoms with van der Waals surface area (Å²) in [5.41, 5.74) is 0.0899. The SMILES string of the molecule is O=C(O)C1(c2ccnc(Cl)c2)CC1. The smallest absolute Gasteiger partial charge is 0.314 e. The normalized spacial score (nSPS) is 18.2. The van der Waals surface area contributed by atoms with E-state index in [1.807, 2.05) is 0 Å². The van der Waals surface area contributed by atoms with Crippen LogP contribution in [-0.4, -0.2) is 16.1 Å². The molecule has 0 amide bonds. The average molecular weight is 198 g/mol. The van der Waals surface area contributed by atoms with Crippen molar-refractivity contribution in [1.82, 2.24) is 4.98 Å². The predicted molar refractivity (Wildman–Crippen MR) is 47.8 cm³/mol. The van der Waals surface area contributed by atoms with E-state index in [9.17, 15) is 4.79 Å². The number of carboxylic acid groups (broad SMARTS) is 1. The highest BCUT2D eigenvalue weighted by Gasteiger charge is 2.51. The molecule has 0 saturated heterocycles. The molecule has 1 N–H and O–H groups in total. The highest BCUT2D eigenvalue weighted by molar-refractivity contribution is 6.29. The fourth-order valence-corrected chi connectivity index (χ4v) is 1.63. The van der Waals surface area contributed by atoms with Crippen LogP contribution in [-0.2, 0) is 10.2 Å². The van der Waals surface area contributed by atoms with Gasteiger partial charge in [-0.3, -0.25) is 4.79 Å². The summed E-state index contributed by atoms with van der Waals surface area (Å²) in [6, 6.07) is 3.34. The van der Waals surface area contributed by atoms with E-state index < -0.39 is 11.4 Å². The van der Waals surface area contributed by atoms with Gasteiger partial charge in [0.05, 0.1) is 5.41 Å². The van der Waals surface area contributed by atoms with Crippen LogP contribution in [0.15, 0.2) is 18.3 Å². The number of aliphatic carboxylic acids is 1. The van der Waals surface area contributed by atoms with Crippen LogP contribution in [0.1, 0.15) is 18.4 Å². The van der Waals surface area contributed by atoms with Gasteiger partial charge in [0, 0.05) is 6.20 Å². The zero-order chi connectivity index (χ0) is 9.47. The molecule has 0 spiro atoms. The molecular formula is C9H8ClNO2. The van der Waals surface area contributed by atoms with Gasteiger partial charge < -0.3 is 5.11 Å². The lowest BCUT2D eigenvalue weighted by Crippen LogP contribution is -2.19. The molecule has 1 saturated carbocycles. The molecule has 0 unspecified atom stereocenters. The van der Waals surface area contributed by atoms with Crippen LogP contribution in [0.25, 0.3) is 0 Å². The van der Waals surface area contributed by atoms with Gasteiger partial charge in [-0.25, -0.2) is 4.98 Å². The van der Waals surface area contributed by atoms with Crippen LogP contribution in [0.4, 0.5) is 0 Å². The third-order valence-corrected chi connectivity index (χ3v) is 2.65. The van der Waals surface area contributed by atoms with Gasteiger partial charge >= 0.3 is 5.97 Å². The van der Waals surface area contributed by atoms with Gasteiger partial charge in [0.1, 0.15) is 5.15 Å². The van der Waals surface area contributed by atoms with E-state index in [2.05, 4.69) is 4.98 Å². The number of hydrogen-bond acceptors (Lipinski definition) is 2. The molecule has 1 aliphatic carbocycles. The number of aromatic nitrogens is 1. The van der Waals surface area contributed by atoms with Crippen LogP contribution in [0.5, 0.6) is 0 Å². The molecule has 0 radical (unpaired) electrons. The first kappa shape index (κ1) is 8.51. The monoisotopic (exact) mass is 197 g/mol. The lowest BCUT2D eigenvalue weighted by Gasteiger charge is -2.08. The lowest BCUT2D eigenvalue weighted by atomic mass is 9.98. The van der Waals surface area contributed by atoms with Crippen LogP contribution in [0.3, 0.4) is 0 Å². The summed E-state index contributed by atoms with van der Waals surface area (Å²) < 4.78 is 0. The van der Waals surface area contributed by atoms with Gasteiger partial charge in [0.2, 0.25) is 0 Å². The average Bonchev–Trinajstić information content (AvgIpc) is 2.83. The second kappa shape index (κ2) is 2.70. The second-order valence-corrected chi connectivity index (χ2v) is 3.64. The standard InChI is InChI=1S/C9H8ClNO2/c10-7-5-6(1-4-11-7)9(2-3-9)8(12)13/h1,4-5H,2-3H2,(H,12,13). The van der Waals surface area contributed by atoms with Crippen molar-refractivity contribution >= 4 is 17.6 Å². The number of halogens is 1. The van der Waals surface area contributed by atoms with Crippen LogP contribution < -0.4 is 0 Å². The van der Waals surface area contributed by atoms with E-state index in [-0.39, 0.29) is 0 Å². The first-order valence-corrected chi connectivity index (χ1v) is 4.38. The molecule has 2 rings (SSSR count). The molecule has 0 bridgehead atoms. The lowest BCUT2D eigenvalue weighted by molar-refractivity contribution is -0.140. The summed E-state index contributed by atoms with van der Waals surface area (Å²) in [6.07, 6.45) is 2.94. The Kier molecular flexibility index (Phi) is 1.77. The van der Waals surface area contributed by atoms with Gasteiger partial charge in [-0.2, -0.15) is 0 Å². The molecule has 1 heterocycles. The van der Waals surface area contributed by atoms with E-state index >= 15 is 0 Å². The Hall–Kier alpha value is -1.09. The Balaban J connectivity index is 2.41. The van der Waals surface area contributed by atoms with Crippen molar-refractivity contribution in [3.05, 3.63) is 29.0 Å². The van der Waals surface area contributed by atoms with E-state index in [0.717, 1.165) is 5.56 Å². The van der Waals surface area contributed by atoms with Gasteiger partial charge in [-0.05, 0) is 30.5 Å². The van der Waals surface area contributed by atoms with E-state index in [1.54, 1.807) is 18.3 Å². The minimum atomic E-state index is -0.769. The van der Waals surface area contributed by atoms with E-state index in [1.165, 1.54) is 0 Å². The van der Waals surface area contributed by atoms with Crippen molar-refractivity contribution in [1.29, 1.82) is 0 Å². The van der Waals surface area contributed by atoms with E-state index in [0.29, 0.717) is 18.0 Å². The molecule has 3 nitrogen and oxygen atoms in total. The van der Waals surface area contributed by atoms with Crippen molar-refractivity contribution in [3.8, 4) is 0 Å². The third kappa shape index (κ3) is 1.29. The maximum atomic E-state index is 10.9. The fraction of sp³-hybridized carbons (Fsp3) is 0.333. The third-order valence-electron chi connectivity index (χ3n) is 2.44. The Labute approximate surface area is 80.4 Å².